The minimum absolute atomic E-state index is 0.0891. The first-order valence-corrected chi connectivity index (χ1v) is 11.3. The predicted octanol–water partition coefficient (Wildman–Crippen LogP) is 6.98. The number of carbonyl (C=O) groups excluding carboxylic acids is 1. The first kappa shape index (κ1) is 20.9. The zero-order chi connectivity index (χ0) is 22.2. The van der Waals surface area contributed by atoms with Crippen LogP contribution in [0, 0.1) is 0 Å². The SMILES string of the molecule is COc1ccc([C@@H]2CC(=O)C3=C(C2)Nc2ccccc2N[C@H]3c2ccc(Cl)cc2Cl)cc1. The Morgan fingerprint density at radius 1 is 0.938 bits per heavy atom. The fraction of sp³-hybridized carbons (Fsp3) is 0.192. The number of anilines is 2. The highest BCUT2D eigenvalue weighted by Gasteiger charge is 2.36. The number of fused-ring (bicyclic) bond motifs is 1. The van der Waals surface area contributed by atoms with Crippen molar-refractivity contribution in [1.82, 2.24) is 0 Å². The predicted molar refractivity (Wildman–Crippen MR) is 130 cm³/mol. The minimum atomic E-state index is -0.366. The van der Waals surface area contributed by atoms with Crippen LogP contribution in [0.5, 0.6) is 5.75 Å². The maximum absolute atomic E-state index is 13.6. The number of nitrogens with one attached hydrogen (secondary N) is 2. The van der Waals surface area contributed by atoms with Crippen molar-refractivity contribution >= 4 is 40.4 Å². The third-order valence-corrected chi connectivity index (χ3v) is 6.73. The Labute approximate surface area is 197 Å². The quantitative estimate of drug-likeness (QED) is 0.438. The van der Waals surface area contributed by atoms with Gasteiger partial charge in [0.15, 0.2) is 5.78 Å². The van der Waals surface area contributed by atoms with E-state index < -0.39 is 0 Å². The van der Waals surface area contributed by atoms with E-state index >= 15 is 0 Å². The van der Waals surface area contributed by atoms with Crippen molar-refractivity contribution in [3.8, 4) is 5.75 Å². The van der Waals surface area contributed by atoms with Crippen molar-refractivity contribution in [2.24, 2.45) is 0 Å². The van der Waals surface area contributed by atoms with Gasteiger partial charge in [0.25, 0.3) is 0 Å². The van der Waals surface area contributed by atoms with Gasteiger partial charge >= 0.3 is 0 Å². The molecular weight excluding hydrogens is 443 g/mol. The Morgan fingerprint density at radius 2 is 1.69 bits per heavy atom. The molecule has 4 nitrogen and oxygen atoms in total. The van der Waals surface area contributed by atoms with Crippen LogP contribution in [0.15, 0.2) is 78.0 Å². The maximum Gasteiger partial charge on any atom is 0.163 e. The van der Waals surface area contributed by atoms with Crippen LogP contribution < -0.4 is 15.4 Å². The Hall–Kier alpha value is -2.95. The van der Waals surface area contributed by atoms with Crippen LogP contribution >= 0.6 is 23.2 Å². The highest BCUT2D eigenvalue weighted by Crippen LogP contribution is 2.45. The van der Waals surface area contributed by atoms with E-state index in [4.69, 9.17) is 27.9 Å². The van der Waals surface area contributed by atoms with Gasteiger partial charge in [0.05, 0.1) is 24.5 Å². The van der Waals surface area contributed by atoms with Gasteiger partial charge in [-0.3, -0.25) is 4.79 Å². The summed E-state index contributed by atoms with van der Waals surface area (Å²) >= 11 is 12.7. The average Bonchev–Trinajstić information content (AvgIpc) is 2.96. The van der Waals surface area contributed by atoms with Crippen LogP contribution in [0.2, 0.25) is 10.0 Å². The third kappa shape index (κ3) is 3.85. The molecule has 0 bridgehead atoms. The Morgan fingerprint density at radius 3 is 2.41 bits per heavy atom. The molecule has 0 saturated heterocycles. The van der Waals surface area contributed by atoms with Crippen molar-refractivity contribution < 1.29 is 9.53 Å². The molecule has 1 aliphatic heterocycles. The number of methoxy groups -OCH3 is 1. The van der Waals surface area contributed by atoms with Gasteiger partial charge in [-0.25, -0.2) is 0 Å². The lowest BCUT2D eigenvalue weighted by molar-refractivity contribution is -0.116. The number of hydrogen-bond acceptors (Lipinski definition) is 4. The number of allylic oxidation sites excluding steroid dienone is 1. The van der Waals surface area contributed by atoms with E-state index in [1.807, 2.05) is 60.7 Å². The van der Waals surface area contributed by atoms with Gasteiger partial charge in [-0.2, -0.15) is 0 Å². The molecule has 162 valence electrons. The van der Waals surface area contributed by atoms with E-state index in [-0.39, 0.29) is 17.7 Å². The number of carbonyl (C=O) groups is 1. The van der Waals surface area contributed by atoms with Gasteiger partial charge in [-0.15, -0.1) is 0 Å². The first-order chi connectivity index (χ1) is 15.5. The molecule has 2 aliphatic rings. The summed E-state index contributed by atoms with van der Waals surface area (Å²) in [7, 11) is 1.65. The van der Waals surface area contributed by atoms with Crippen molar-refractivity contribution in [2.45, 2.75) is 24.8 Å². The zero-order valence-electron chi connectivity index (χ0n) is 17.5. The highest BCUT2D eigenvalue weighted by molar-refractivity contribution is 6.35. The maximum atomic E-state index is 13.6. The van der Waals surface area contributed by atoms with Gasteiger partial charge in [-0.05, 0) is 59.9 Å². The van der Waals surface area contributed by atoms with Crippen molar-refractivity contribution in [2.75, 3.05) is 17.7 Å². The van der Waals surface area contributed by atoms with Crippen molar-refractivity contribution in [1.29, 1.82) is 0 Å². The fourth-order valence-electron chi connectivity index (χ4n) is 4.57. The molecule has 0 aromatic heterocycles. The fourth-order valence-corrected chi connectivity index (χ4v) is 5.09. The lowest BCUT2D eigenvalue weighted by Gasteiger charge is -2.30. The van der Waals surface area contributed by atoms with Gasteiger partial charge in [0.2, 0.25) is 0 Å². The number of Topliss-reactive ketones (excluding diaryl/α,β-unsaturated/α-hetero) is 1. The van der Waals surface area contributed by atoms with Crippen molar-refractivity contribution in [3.63, 3.8) is 0 Å². The minimum Gasteiger partial charge on any atom is -0.497 e. The van der Waals surface area contributed by atoms with Gasteiger partial charge in [-0.1, -0.05) is 53.5 Å². The molecule has 1 heterocycles. The number of halogens is 2. The molecule has 0 spiro atoms. The molecule has 0 saturated carbocycles. The van der Waals surface area contributed by atoms with Crippen LogP contribution in [0.3, 0.4) is 0 Å². The van der Waals surface area contributed by atoms with Crippen molar-refractivity contribution in [3.05, 3.63) is 99.2 Å². The largest absolute Gasteiger partial charge is 0.497 e. The molecule has 3 aromatic rings. The molecule has 32 heavy (non-hydrogen) atoms. The van der Waals surface area contributed by atoms with E-state index in [0.29, 0.717) is 16.5 Å². The smallest absolute Gasteiger partial charge is 0.163 e. The summed E-state index contributed by atoms with van der Waals surface area (Å²) < 4.78 is 5.28. The number of ketones is 1. The molecule has 0 unspecified atom stereocenters. The van der Waals surface area contributed by atoms with Gasteiger partial charge < -0.3 is 15.4 Å². The lowest BCUT2D eigenvalue weighted by atomic mass is 9.78. The van der Waals surface area contributed by atoms with Crippen LogP contribution in [0.1, 0.15) is 35.9 Å². The number of rotatable bonds is 3. The molecule has 0 amide bonds. The number of ether oxygens (including phenoxy) is 1. The molecular formula is C26H22Cl2N2O2. The molecule has 0 radical (unpaired) electrons. The van der Waals surface area contributed by atoms with Gasteiger partial charge in [0, 0.05) is 27.7 Å². The Bertz CT molecular complexity index is 1220. The van der Waals surface area contributed by atoms with E-state index in [2.05, 4.69) is 10.6 Å². The molecule has 2 N–H and O–H groups in total. The van der Waals surface area contributed by atoms with Crippen LogP contribution in [0.25, 0.3) is 0 Å². The summed E-state index contributed by atoms with van der Waals surface area (Å²) in [5, 5.41) is 8.20. The van der Waals surface area contributed by atoms with Gasteiger partial charge in [0.1, 0.15) is 5.75 Å². The first-order valence-electron chi connectivity index (χ1n) is 10.5. The second kappa shape index (κ2) is 8.53. The summed E-state index contributed by atoms with van der Waals surface area (Å²) in [5.74, 6) is 1.00. The summed E-state index contributed by atoms with van der Waals surface area (Å²) in [6.07, 6.45) is 1.16. The zero-order valence-corrected chi connectivity index (χ0v) is 19.0. The number of para-hydroxylation sites is 2. The topological polar surface area (TPSA) is 50.4 Å². The lowest BCUT2D eigenvalue weighted by Crippen LogP contribution is -2.27. The van der Waals surface area contributed by atoms with E-state index in [0.717, 1.165) is 45.9 Å². The van der Waals surface area contributed by atoms with E-state index in [1.54, 1.807) is 13.2 Å². The Kier molecular flexibility index (Phi) is 5.58. The molecule has 2 atom stereocenters. The average molecular weight is 465 g/mol. The summed E-state index contributed by atoms with van der Waals surface area (Å²) in [6.45, 7) is 0. The molecule has 3 aromatic carbocycles. The number of benzene rings is 3. The van der Waals surface area contributed by atoms with E-state index in [1.165, 1.54) is 0 Å². The van der Waals surface area contributed by atoms with Crippen LogP contribution in [-0.4, -0.2) is 12.9 Å². The summed E-state index contributed by atoms with van der Waals surface area (Å²) in [6, 6.07) is 21.0. The number of hydrogen-bond donors (Lipinski definition) is 2. The normalized spacial score (nSPS) is 19.9. The second-order valence-electron chi connectivity index (χ2n) is 8.11. The standard InChI is InChI=1S/C26H22Cl2N2O2/c1-32-18-9-6-15(7-10-18)16-12-23-25(24(31)13-16)26(19-11-8-17(27)14-20(19)28)30-22-5-3-2-4-21(22)29-23/h2-11,14,16,26,29-30H,12-13H2,1H3/t16-,26-/m0/s1. The van der Waals surface area contributed by atoms with Crippen LogP contribution in [-0.2, 0) is 4.79 Å². The van der Waals surface area contributed by atoms with E-state index in [9.17, 15) is 4.79 Å². The second-order valence-corrected chi connectivity index (χ2v) is 8.95. The molecule has 1 aliphatic carbocycles. The third-order valence-electron chi connectivity index (χ3n) is 6.17. The summed E-state index contributed by atoms with van der Waals surface area (Å²) in [4.78, 5) is 13.6. The van der Waals surface area contributed by atoms with Crippen LogP contribution in [0.4, 0.5) is 11.4 Å². The Balaban J connectivity index is 1.60. The summed E-state index contributed by atoms with van der Waals surface area (Å²) in [5.41, 5.74) is 5.48. The molecule has 6 heteroatoms. The monoisotopic (exact) mass is 464 g/mol. The highest BCUT2D eigenvalue weighted by atomic mass is 35.5. The molecule has 0 fully saturated rings. The molecule has 5 rings (SSSR count).